The van der Waals surface area contributed by atoms with E-state index in [4.69, 9.17) is 0 Å². The van der Waals surface area contributed by atoms with E-state index in [0.717, 1.165) is 30.3 Å². The molecule has 0 aliphatic carbocycles. The number of aryl methyl sites for hydroxylation is 1. The third kappa shape index (κ3) is 1.57. The molecule has 1 atom stereocenters. The molecule has 2 aromatic heterocycles. The first kappa shape index (κ1) is 9.72. The summed E-state index contributed by atoms with van der Waals surface area (Å²) in [5.74, 6) is 1.43. The second-order valence-corrected chi connectivity index (χ2v) is 4.35. The first-order valence-electron chi connectivity index (χ1n) is 5.74. The molecule has 1 N–H and O–H groups in total. The number of fused-ring (bicyclic) bond motifs is 1. The van der Waals surface area contributed by atoms with E-state index in [0.29, 0.717) is 5.92 Å². The molecule has 0 saturated carbocycles. The summed E-state index contributed by atoms with van der Waals surface area (Å²) < 4.78 is 1.88. The molecule has 0 aromatic carbocycles. The lowest BCUT2D eigenvalue weighted by molar-refractivity contribution is 0.440. The Balaban J connectivity index is 2.05. The number of nitrogens with one attached hydrogen (secondary N) is 1. The van der Waals surface area contributed by atoms with Crippen LogP contribution in [0.15, 0.2) is 12.1 Å². The highest BCUT2D eigenvalue weighted by Gasteiger charge is 2.21. The molecule has 2 aromatic rings. The molecule has 0 radical (unpaired) electrons. The largest absolute Gasteiger partial charge is 0.316 e. The first-order valence-corrected chi connectivity index (χ1v) is 5.74. The van der Waals surface area contributed by atoms with E-state index in [9.17, 15) is 0 Å². The van der Waals surface area contributed by atoms with Gasteiger partial charge in [-0.25, -0.2) is 0 Å². The Morgan fingerprint density at radius 2 is 2.31 bits per heavy atom. The molecule has 5 nitrogen and oxygen atoms in total. The van der Waals surface area contributed by atoms with E-state index in [2.05, 4.69) is 20.6 Å². The second-order valence-electron chi connectivity index (χ2n) is 4.35. The van der Waals surface area contributed by atoms with E-state index >= 15 is 0 Å². The van der Waals surface area contributed by atoms with Crippen molar-refractivity contribution in [3.8, 4) is 0 Å². The molecule has 16 heavy (non-hydrogen) atoms. The van der Waals surface area contributed by atoms with Gasteiger partial charge in [-0.3, -0.25) is 0 Å². The Hall–Kier alpha value is -1.49. The molecule has 1 fully saturated rings. The van der Waals surface area contributed by atoms with Crippen molar-refractivity contribution in [1.82, 2.24) is 25.1 Å². The summed E-state index contributed by atoms with van der Waals surface area (Å²) in [6.45, 7) is 4.08. The van der Waals surface area contributed by atoms with Crippen molar-refractivity contribution in [1.29, 1.82) is 0 Å². The zero-order valence-electron chi connectivity index (χ0n) is 9.35. The van der Waals surface area contributed by atoms with Crippen LogP contribution in [0.1, 0.15) is 30.3 Å². The van der Waals surface area contributed by atoms with Crippen molar-refractivity contribution >= 4 is 5.65 Å². The summed E-state index contributed by atoms with van der Waals surface area (Å²) in [5, 5.41) is 16.3. The lowest BCUT2D eigenvalue weighted by atomic mass is 9.99. The van der Waals surface area contributed by atoms with Gasteiger partial charge in [-0.05, 0) is 38.4 Å². The van der Waals surface area contributed by atoms with Gasteiger partial charge in [0, 0.05) is 12.5 Å². The third-order valence-electron chi connectivity index (χ3n) is 3.08. The highest BCUT2D eigenvalue weighted by atomic mass is 15.4. The van der Waals surface area contributed by atoms with Gasteiger partial charge in [-0.1, -0.05) is 0 Å². The SMILES string of the molecule is Cc1ccc2nnc(C3CCCNC3)n2n1. The number of nitrogens with zero attached hydrogens (tertiary/aromatic N) is 4. The predicted molar refractivity (Wildman–Crippen MR) is 60.4 cm³/mol. The molecular weight excluding hydrogens is 202 g/mol. The Kier molecular flexibility index (Phi) is 2.32. The minimum Gasteiger partial charge on any atom is -0.316 e. The van der Waals surface area contributed by atoms with E-state index in [1.165, 1.54) is 12.8 Å². The molecule has 1 aliphatic heterocycles. The van der Waals surface area contributed by atoms with E-state index in [1.54, 1.807) is 0 Å². The fourth-order valence-electron chi connectivity index (χ4n) is 2.22. The van der Waals surface area contributed by atoms with Gasteiger partial charge in [-0.2, -0.15) is 9.61 Å². The van der Waals surface area contributed by atoms with Crippen LogP contribution in [0.25, 0.3) is 5.65 Å². The molecule has 1 unspecified atom stereocenters. The van der Waals surface area contributed by atoms with Crippen molar-refractivity contribution in [2.24, 2.45) is 0 Å². The molecule has 0 spiro atoms. The number of hydrogen-bond acceptors (Lipinski definition) is 4. The van der Waals surface area contributed by atoms with Gasteiger partial charge in [0.2, 0.25) is 0 Å². The smallest absolute Gasteiger partial charge is 0.177 e. The average Bonchev–Trinajstić information content (AvgIpc) is 2.73. The van der Waals surface area contributed by atoms with Crippen LogP contribution < -0.4 is 5.32 Å². The first-order chi connectivity index (χ1) is 7.84. The van der Waals surface area contributed by atoms with Crippen LogP contribution in [0.4, 0.5) is 0 Å². The van der Waals surface area contributed by atoms with Crippen LogP contribution >= 0.6 is 0 Å². The van der Waals surface area contributed by atoms with E-state index < -0.39 is 0 Å². The molecule has 1 saturated heterocycles. The number of aromatic nitrogens is 4. The quantitative estimate of drug-likeness (QED) is 0.771. The fourth-order valence-corrected chi connectivity index (χ4v) is 2.22. The Morgan fingerprint density at radius 1 is 1.38 bits per heavy atom. The summed E-state index contributed by atoms with van der Waals surface area (Å²) in [6, 6.07) is 3.93. The van der Waals surface area contributed by atoms with Gasteiger partial charge < -0.3 is 5.32 Å². The minimum atomic E-state index is 0.443. The number of piperidine rings is 1. The van der Waals surface area contributed by atoms with Crippen molar-refractivity contribution in [3.63, 3.8) is 0 Å². The maximum absolute atomic E-state index is 4.47. The molecule has 3 heterocycles. The van der Waals surface area contributed by atoms with Crippen molar-refractivity contribution in [2.45, 2.75) is 25.7 Å². The van der Waals surface area contributed by atoms with Crippen molar-refractivity contribution < 1.29 is 0 Å². The molecule has 3 rings (SSSR count). The molecule has 1 aliphatic rings. The number of rotatable bonds is 1. The second kappa shape index (κ2) is 3.83. The summed E-state index contributed by atoms with van der Waals surface area (Å²) >= 11 is 0. The predicted octanol–water partition coefficient (Wildman–Crippen LogP) is 0.900. The van der Waals surface area contributed by atoms with Crippen LogP contribution in [0, 0.1) is 6.92 Å². The Morgan fingerprint density at radius 3 is 3.12 bits per heavy atom. The molecule has 5 heteroatoms. The van der Waals surface area contributed by atoms with Gasteiger partial charge in [0.1, 0.15) is 0 Å². The molecular formula is C11H15N5. The highest BCUT2D eigenvalue weighted by molar-refractivity contribution is 5.36. The maximum atomic E-state index is 4.47. The fraction of sp³-hybridized carbons (Fsp3) is 0.545. The van der Waals surface area contributed by atoms with Gasteiger partial charge >= 0.3 is 0 Å². The summed E-state index contributed by atoms with van der Waals surface area (Å²) in [7, 11) is 0. The topological polar surface area (TPSA) is 55.1 Å². The van der Waals surface area contributed by atoms with Crippen LogP contribution in [0.3, 0.4) is 0 Å². The van der Waals surface area contributed by atoms with Gasteiger partial charge in [-0.15, -0.1) is 10.2 Å². The van der Waals surface area contributed by atoms with Gasteiger partial charge in [0.05, 0.1) is 5.69 Å². The lowest BCUT2D eigenvalue weighted by Crippen LogP contribution is -2.29. The maximum Gasteiger partial charge on any atom is 0.177 e. The molecule has 84 valence electrons. The number of hydrogen-bond donors (Lipinski definition) is 1. The van der Waals surface area contributed by atoms with Crippen LogP contribution in [-0.2, 0) is 0 Å². The van der Waals surface area contributed by atoms with E-state index in [1.807, 2.05) is 23.6 Å². The lowest BCUT2D eigenvalue weighted by Gasteiger charge is -2.20. The summed E-state index contributed by atoms with van der Waals surface area (Å²) in [5.41, 5.74) is 1.84. The molecule has 0 bridgehead atoms. The summed E-state index contributed by atoms with van der Waals surface area (Å²) in [4.78, 5) is 0. The third-order valence-corrected chi connectivity index (χ3v) is 3.08. The van der Waals surface area contributed by atoms with Crippen molar-refractivity contribution in [3.05, 3.63) is 23.7 Å². The molecule has 0 amide bonds. The standard InChI is InChI=1S/C11H15N5/c1-8-4-5-10-13-14-11(16(10)15-8)9-3-2-6-12-7-9/h4-5,9,12H,2-3,6-7H2,1H3. The minimum absolute atomic E-state index is 0.443. The van der Waals surface area contributed by atoms with E-state index in [-0.39, 0.29) is 0 Å². The zero-order valence-corrected chi connectivity index (χ0v) is 9.35. The zero-order chi connectivity index (χ0) is 11.0. The Labute approximate surface area is 93.9 Å². The van der Waals surface area contributed by atoms with Crippen LogP contribution in [0.2, 0.25) is 0 Å². The van der Waals surface area contributed by atoms with Gasteiger partial charge in [0.25, 0.3) is 0 Å². The monoisotopic (exact) mass is 217 g/mol. The van der Waals surface area contributed by atoms with Crippen molar-refractivity contribution in [2.75, 3.05) is 13.1 Å². The normalized spacial score (nSPS) is 21.4. The van der Waals surface area contributed by atoms with Gasteiger partial charge in [0.15, 0.2) is 11.5 Å². The highest BCUT2D eigenvalue weighted by Crippen LogP contribution is 2.21. The average molecular weight is 217 g/mol. The van der Waals surface area contributed by atoms with Crippen LogP contribution in [0.5, 0.6) is 0 Å². The summed E-state index contributed by atoms with van der Waals surface area (Å²) in [6.07, 6.45) is 2.37. The van der Waals surface area contributed by atoms with Crippen LogP contribution in [-0.4, -0.2) is 32.9 Å². The Bertz CT molecular complexity index is 498.